The van der Waals surface area contributed by atoms with Crippen LogP contribution in [0.3, 0.4) is 0 Å². The standard InChI is InChI=1S/C19H22FN3O3S/c1-21-27(25,26)18-7-3-4-14(11-18)12-22-19(24)23(17-8-9-17)13-15-5-2-6-16(20)10-15/h2-7,10-11,17,21H,8-9,12-13H2,1H3,(H,22,24). The topological polar surface area (TPSA) is 78.5 Å². The van der Waals surface area contributed by atoms with Gasteiger partial charge >= 0.3 is 6.03 Å². The molecule has 1 aliphatic rings. The Balaban J connectivity index is 1.66. The van der Waals surface area contributed by atoms with Crippen molar-refractivity contribution in [2.75, 3.05) is 7.05 Å². The molecule has 0 saturated heterocycles. The van der Waals surface area contributed by atoms with Crippen LogP contribution in [0.5, 0.6) is 0 Å². The van der Waals surface area contributed by atoms with Crippen molar-refractivity contribution in [3.05, 3.63) is 65.5 Å². The van der Waals surface area contributed by atoms with Crippen LogP contribution in [0.25, 0.3) is 0 Å². The molecular weight excluding hydrogens is 369 g/mol. The molecule has 0 heterocycles. The summed E-state index contributed by atoms with van der Waals surface area (Å²) in [5.74, 6) is -0.328. The Morgan fingerprint density at radius 3 is 2.52 bits per heavy atom. The van der Waals surface area contributed by atoms with Crippen LogP contribution >= 0.6 is 0 Å². The molecule has 144 valence electrons. The van der Waals surface area contributed by atoms with Crippen LogP contribution in [-0.2, 0) is 23.1 Å². The van der Waals surface area contributed by atoms with Gasteiger partial charge in [-0.3, -0.25) is 0 Å². The Kier molecular flexibility index (Phi) is 5.76. The van der Waals surface area contributed by atoms with E-state index in [1.165, 1.54) is 31.3 Å². The van der Waals surface area contributed by atoms with E-state index in [1.54, 1.807) is 29.2 Å². The molecule has 0 aliphatic heterocycles. The van der Waals surface area contributed by atoms with Crippen LogP contribution in [0.2, 0.25) is 0 Å². The van der Waals surface area contributed by atoms with E-state index in [4.69, 9.17) is 0 Å². The maximum atomic E-state index is 13.4. The summed E-state index contributed by atoms with van der Waals surface area (Å²) in [6.07, 6.45) is 1.86. The van der Waals surface area contributed by atoms with E-state index in [0.29, 0.717) is 12.1 Å². The molecule has 6 nitrogen and oxygen atoms in total. The second-order valence-corrected chi connectivity index (χ2v) is 8.39. The van der Waals surface area contributed by atoms with Gasteiger partial charge in [-0.1, -0.05) is 24.3 Å². The average Bonchev–Trinajstić information content (AvgIpc) is 3.49. The highest BCUT2D eigenvalue weighted by molar-refractivity contribution is 7.89. The van der Waals surface area contributed by atoms with Gasteiger partial charge in [0.15, 0.2) is 0 Å². The van der Waals surface area contributed by atoms with Gasteiger partial charge in [0, 0.05) is 19.1 Å². The molecule has 1 aliphatic carbocycles. The normalized spacial score (nSPS) is 14.0. The molecular formula is C19H22FN3O3S. The first kappa shape index (κ1) is 19.3. The minimum atomic E-state index is -3.53. The molecule has 0 bridgehead atoms. The summed E-state index contributed by atoms with van der Waals surface area (Å²) >= 11 is 0. The molecule has 0 spiro atoms. The van der Waals surface area contributed by atoms with E-state index in [-0.39, 0.29) is 29.3 Å². The quantitative estimate of drug-likeness (QED) is 0.762. The van der Waals surface area contributed by atoms with Gasteiger partial charge in [0.05, 0.1) is 4.90 Å². The molecule has 0 radical (unpaired) electrons. The highest BCUT2D eigenvalue weighted by atomic mass is 32.2. The van der Waals surface area contributed by atoms with Crippen LogP contribution in [0.1, 0.15) is 24.0 Å². The number of carbonyl (C=O) groups is 1. The third-order valence-electron chi connectivity index (χ3n) is 4.41. The highest BCUT2D eigenvalue weighted by Gasteiger charge is 2.32. The lowest BCUT2D eigenvalue weighted by Gasteiger charge is -2.23. The average molecular weight is 391 g/mol. The zero-order valence-electron chi connectivity index (χ0n) is 15.0. The van der Waals surface area contributed by atoms with E-state index >= 15 is 0 Å². The number of sulfonamides is 1. The number of halogens is 1. The number of nitrogens with zero attached hydrogens (tertiary/aromatic N) is 1. The molecule has 2 aromatic rings. The lowest BCUT2D eigenvalue weighted by Crippen LogP contribution is -2.40. The van der Waals surface area contributed by atoms with Crippen molar-refractivity contribution in [2.24, 2.45) is 0 Å². The summed E-state index contributed by atoms with van der Waals surface area (Å²) < 4.78 is 39.4. The predicted molar refractivity (Wildman–Crippen MR) is 99.9 cm³/mol. The summed E-state index contributed by atoms with van der Waals surface area (Å²) in [6, 6.07) is 12.5. The Bertz CT molecular complexity index is 929. The van der Waals surface area contributed by atoms with Crippen molar-refractivity contribution in [1.82, 2.24) is 14.9 Å². The molecule has 8 heteroatoms. The minimum Gasteiger partial charge on any atom is -0.334 e. The van der Waals surface area contributed by atoms with E-state index in [1.807, 2.05) is 0 Å². The fourth-order valence-corrected chi connectivity index (χ4v) is 3.60. The number of hydrogen-bond acceptors (Lipinski definition) is 3. The molecule has 0 atom stereocenters. The van der Waals surface area contributed by atoms with Crippen molar-refractivity contribution in [3.8, 4) is 0 Å². The van der Waals surface area contributed by atoms with Gasteiger partial charge in [-0.25, -0.2) is 22.3 Å². The van der Waals surface area contributed by atoms with Crippen molar-refractivity contribution >= 4 is 16.1 Å². The number of nitrogens with one attached hydrogen (secondary N) is 2. The highest BCUT2D eigenvalue weighted by Crippen LogP contribution is 2.28. The smallest absolute Gasteiger partial charge is 0.318 e. The number of hydrogen-bond donors (Lipinski definition) is 2. The maximum Gasteiger partial charge on any atom is 0.318 e. The van der Waals surface area contributed by atoms with Crippen molar-refractivity contribution < 1.29 is 17.6 Å². The number of urea groups is 1. The fraction of sp³-hybridized carbons (Fsp3) is 0.316. The minimum absolute atomic E-state index is 0.149. The zero-order valence-corrected chi connectivity index (χ0v) is 15.8. The molecule has 2 aromatic carbocycles. The molecule has 2 amide bonds. The summed E-state index contributed by atoms with van der Waals surface area (Å²) in [5, 5.41) is 2.83. The SMILES string of the molecule is CNS(=O)(=O)c1cccc(CNC(=O)N(Cc2cccc(F)c2)C2CC2)c1. The van der Waals surface area contributed by atoms with Crippen LogP contribution < -0.4 is 10.0 Å². The zero-order chi connectivity index (χ0) is 19.4. The molecule has 2 N–H and O–H groups in total. The van der Waals surface area contributed by atoms with Gasteiger partial charge in [-0.2, -0.15) is 0 Å². The Morgan fingerprint density at radius 1 is 1.15 bits per heavy atom. The Labute approximate surface area is 158 Å². The van der Waals surface area contributed by atoms with Crippen LogP contribution in [0.4, 0.5) is 9.18 Å². The first-order valence-electron chi connectivity index (χ1n) is 8.70. The summed E-state index contributed by atoms with van der Waals surface area (Å²) in [5.41, 5.74) is 1.42. The summed E-state index contributed by atoms with van der Waals surface area (Å²) in [7, 11) is -2.18. The van der Waals surface area contributed by atoms with Crippen molar-refractivity contribution in [2.45, 2.75) is 36.9 Å². The molecule has 0 aromatic heterocycles. The lowest BCUT2D eigenvalue weighted by atomic mass is 10.2. The monoisotopic (exact) mass is 391 g/mol. The van der Waals surface area contributed by atoms with Crippen molar-refractivity contribution in [3.63, 3.8) is 0 Å². The number of amides is 2. The van der Waals surface area contributed by atoms with Gasteiger partial charge in [-0.15, -0.1) is 0 Å². The largest absolute Gasteiger partial charge is 0.334 e. The molecule has 1 fully saturated rings. The van der Waals surface area contributed by atoms with Gasteiger partial charge < -0.3 is 10.2 Å². The summed E-state index contributed by atoms with van der Waals surface area (Å²) in [6.45, 7) is 0.542. The van der Waals surface area contributed by atoms with Crippen LogP contribution in [0.15, 0.2) is 53.4 Å². The fourth-order valence-electron chi connectivity index (χ4n) is 2.80. The maximum absolute atomic E-state index is 13.4. The van der Waals surface area contributed by atoms with Crippen molar-refractivity contribution in [1.29, 1.82) is 0 Å². The van der Waals surface area contributed by atoms with Crippen LogP contribution in [-0.4, -0.2) is 32.4 Å². The Morgan fingerprint density at radius 2 is 1.85 bits per heavy atom. The second-order valence-electron chi connectivity index (χ2n) is 6.50. The molecule has 27 heavy (non-hydrogen) atoms. The van der Waals surface area contributed by atoms with Gasteiger partial charge in [0.1, 0.15) is 5.82 Å². The van der Waals surface area contributed by atoms with Crippen LogP contribution in [0, 0.1) is 5.82 Å². The first-order valence-corrected chi connectivity index (χ1v) is 10.2. The Hall–Kier alpha value is -2.45. The molecule has 1 saturated carbocycles. The third-order valence-corrected chi connectivity index (χ3v) is 5.82. The third kappa shape index (κ3) is 5.05. The van der Waals surface area contributed by atoms with Gasteiger partial charge in [0.2, 0.25) is 10.0 Å². The number of rotatable bonds is 7. The molecule has 3 rings (SSSR count). The van der Waals surface area contributed by atoms with E-state index in [9.17, 15) is 17.6 Å². The van der Waals surface area contributed by atoms with Gasteiger partial charge in [-0.05, 0) is 55.3 Å². The number of benzene rings is 2. The summed E-state index contributed by atoms with van der Waals surface area (Å²) in [4.78, 5) is 14.5. The second kappa shape index (κ2) is 8.06. The van der Waals surface area contributed by atoms with E-state index < -0.39 is 10.0 Å². The molecule has 0 unspecified atom stereocenters. The van der Waals surface area contributed by atoms with E-state index in [0.717, 1.165) is 18.4 Å². The van der Waals surface area contributed by atoms with E-state index in [2.05, 4.69) is 10.0 Å². The first-order chi connectivity index (χ1) is 12.9. The van der Waals surface area contributed by atoms with Gasteiger partial charge in [0.25, 0.3) is 0 Å². The lowest BCUT2D eigenvalue weighted by molar-refractivity contribution is 0.191. The predicted octanol–water partition coefficient (Wildman–Crippen LogP) is 2.61. The number of carbonyl (C=O) groups excluding carboxylic acids is 1.